The third-order valence-corrected chi connectivity index (χ3v) is 3.93. The second-order valence-corrected chi connectivity index (χ2v) is 5.91. The summed E-state index contributed by atoms with van der Waals surface area (Å²) in [5, 5.41) is 3.42. The quantitative estimate of drug-likeness (QED) is 0.584. The van der Waals surface area contributed by atoms with Crippen molar-refractivity contribution in [3.8, 4) is 0 Å². The molecule has 1 atom stereocenters. The van der Waals surface area contributed by atoms with Crippen molar-refractivity contribution in [2.45, 2.75) is 40.0 Å². The van der Waals surface area contributed by atoms with Crippen LogP contribution in [0.25, 0.3) is 0 Å². The van der Waals surface area contributed by atoms with Gasteiger partial charge in [-0.25, -0.2) is 0 Å². The van der Waals surface area contributed by atoms with Gasteiger partial charge in [-0.05, 0) is 36.0 Å². The summed E-state index contributed by atoms with van der Waals surface area (Å²) in [6, 6.07) is 0. The molecule has 0 aromatic rings. The van der Waals surface area contributed by atoms with Crippen molar-refractivity contribution in [1.29, 1.82) is 0 Å². The van der Waals surface area contributed by atoms with E-state index in [0.29, 0.717) is 5.41 Å². The van der Waals surface area contributed by atoms with E-state index in [1.807, 2.05) is 0 Å². The van der Waals surface area contributed by atoms with Crippen LogP contribution in [0.3, 0.4) is 0 Å². The summed E-state index contributed by atoms with van der Waals surface area (Å²) in [5.41, 5.74) is 1.27. The van der Waals surface area contributed by atoms with Crippen LogP contribution >= 0.6 is 0 Å². The van der Waals surface area contributed by atoms with Gasteiger partial charge in [0.25, 0.3) is 0 Å². The third-order valence-electron chi connectivity index (χ3n) is 3.93. The summed E-state index contributed by atoms with van der Waals surface area (Å²) in [4.78, 5) is 0. The summed E-state index contributed by atoms with van der Waals surface area (Å²) >= 11 is 0. The predicted octanol–water partition coefficient (Wildman–Crippen LogP) is 2.42. The average Bonchev–Trinajstić information content (AvgIpc) is 2.26. The van der Waals surface area contributed by atoms with Crippen LogP contribution < -0.4 is 5.32 Å². The lowest BCUT2D eigenvalue weighted by molar-refractivity contribution is 0.146. The molecule has 2 aliphatic rings. The van der Waals surface area contributed by atoms with Crippen LogP contribution in [-0.4, -0.2) is 13.1 Å². The molecule has 0 bridgehead atoms. The molecule has 1 heterocycles. The maximum Gasteiger partial charge on any atom is 0.00203 e. The number of rotatable bonds is 0. The van der Waals surface area contributed by atoms with Crippen LogP contribution in [0.15, 0.2) is 0 Å². The Morgan fingerprint density at radius 2 is 1.92 bits per heavy atom. The number of hydrogen-bond donors (Lipinski definition) is 1. The Morgan fingerprint density at radius 1 is 1.25 bits per heavy atom. The standard InChI is InChI=1S/C11H21N/c1-10(2,3)9-4-5-11(6-9)7-12-8-11/h9,12H,4-8H2,1-3H3/t9-/m1/s1. The van der Waals surface area contributed by atoms with Gasteiger partial charge in [-0.15, -0.1) is 0 Å². The molecule has 2 rings (SSSR count). The van der Waals surface area contributed by atoms with E-state index in [4.69, 9.17) is 0 Å². The lowest BCUT2D eigenvalue weighted by atomic mass is 9.74. The first kappa shape index (κ1) is 8.55. The molecule has 12 heavy (non-hydrogen) atoms. The summed E-state index contributed by atoms with van der Waals surface area (Å²) in [6.45, 7) is 9.76. The first-order valence-electron chi connectivity index (χ1n) is 5.23. The van der Waals surface area contributed by atoms with Crippen LogP contribution in [0, 0.1) is 16.7 Å². The van der Waals surface area contributed by atoms with E-state index in [1.165, 1.54) is 32.4 Å². The highest BCUT2D eigenvalue weighted by Gasteiger charge is 2.46. The molecule has 0 aromatic heterocycles. The largest absolute Gasteiger partial charge is 0.316 e. The highest BCUT2D eigenvalue weighted by molar-refractivity contribution is 5.00. The molecule has 1 nitrogen and oxygen atoms in total. The molecule has 1 N–H and O–H groups in total. The first-order valence-corrected chi connectivity index (χ1v) is 5.23. The van der Waals surface area contributed by atoms with Crippen molar-refractivity contribution in [2.75, 3.05) is 13.1 Å². The number of nitrogens with one attached hydrogen (secondary N) is 1. The SMILES string of the molecule is CC(C)(C)[C@@H]1CCC2(CNC2)C1. The average molecular weight is 167 g/mol. The molecule has 0 radical (unpaired) electrons. The van der Waals surface area contributed by atoms with Gasteiger partial charge in [0.2, 0.25) is 0 Å². The highest BCUT2D eigenvalue weighted by atomic mass is 15.0. The van der Waals surface area contributed by atoms with Gasteiger partial charge in [-0.1, -0.05) is 20.8 Å². The fourth-order valence-corrected chi connectivity index (χ4v) is 2.75. The van der Waals surface area contributed by atoms with Gasteiger partial charge in [-0.2, -0.15) is 0 Å². The van der Waals surface area contributed by atoms with Gasteiger partial charge < -0.3 is 5.32 Å². The molecule has 1 aliphatic heterocycles. The van der Waals surface area contributed by atoms with E-state index in [1.54, 1.807) is 0 Å². The minimum Gasteiger partial charge on any atom is -0.316 e. The van der Waals surface area contributed by atoms with E-state index >= 15 is 0 Å². The van der Waals surface area contributed by atoms with Crippen LogP contribution in [-0.2, 0) is 0 Å². The van der Waals surface area contributed by atoms with E-state index in [9.17, 15) is 0 Å². The minimum absolute atomic E-state index is 0.541. The number of hydrogen-bond acceptors (Lipinski definition) is 1. The molecule has 1 saturated carbocycles. The highest BCUT2D eigenvalue weighted by Crippen LogP contribution is 2.50. The Labute approximate surface area is 75.9 Å². The van der Waals surface area contributed by atoms with E-state index in [2.05, 4.69) is 26.1 Å². The molecular formula is C11H21N. The normalized spacial score (nSPS) is 33.8. The molecule has 70 valence electrons. The Bertz CT molecular complexity index is 174. The second-order valence-electron chi connectivity index (χ2n) is 5.91. The molecule has 0 aromatic carbocycles. The zero-order chi connectivity index (χ0) is 8.82. The summed E-state index contributed by atoms with van der Waals surface area (Å²) in [5.74, 6) is 0.972. The van der Waals surface area contributed by atoms with E-state index < -0.39 is 0 Å². The lowest BCUT2D eigenvalue weighted by Crippen LogP contribution is -2.52. The van der Waals surface area contributed by atoms with Gasteiger partial charge in [0.1, 0.15) is 0 Å². The van der Waals surface area contributed by atoms with Crippen molar-refractivity contribution in [3.63, 3.8) is 0 Å². The van der Waals surface area contributed by atoms with Crippen molar-refractivity contribution in [2.24, 2.45) is 16.7 Å². The molecule has 1 aliphatic carbocycles. The Kier molecular flexibility index (Phi) is 1.76. The van der Waals surface area contributed by atoms with Crippen molar-refractivity contribution in [1.82, 2.24) is 5.32 Å². The Hall–Kier alpha value is -0.0400. The van der Waals surface area contributed by atoms with Gasteiger partial charge >= 0.3 is 0 Å². The molecule has 1 spiro atoms. The minimum atomic E-state index is 0.541. The van der Waals surface area contributed by atoms with Crippen LogP contribution in [0.1, 0.15) is 40.0 Å². The van der Waals surface area contributed by atoms with Gasteiger partial charge in [0.05, 0.1) is 0 Å². The van der Waals surface area contributed by atoms with E-state index in [-0.39, 0.29) is 0 Å². The lowest BCUT2D eigenvalue weighted by Gasteiger charge is -2.40. The predicted molar refractivity (Wildman–Crippen MR) is 52.1 cm³/mol. The Morgan fingerprint density at radius 3 is 2.17 bits per heavy atom. The maximum atomic E-state index is 3.42. The maximum absolute atomic E-state index is 3.42. The van der Waals surface area contributed by atoms with Crippen LogP contribution in [0.4, 0.5) is 0 Å². The van der Waals surface area contributed by atoms with Gasteiger partial charge in [0.15, 0.2) is 0 Å². The summed E-state index contributed by atoms with van der Waals surface area (Å²) in [6.07, 6.45) is 4.41. The topological polar surface area (TPSA) is 12.0 Å². The van der Waals surface area contributed by atoms with Crippen LogP contribution in [0.5, 0.6) is 0 Å². The van der Waals surface area contributed by atoms with E-state index in [0.717, 1.165) is 11.3 Å². The molecule has 0 unspecified atom stereocenters. The molecule has 1 heteroatoms. The Balaban J connectivity index is 1.98. The van der Waals surface area contributed by atoms with Gasteiger partial charge in [0, 0.05) is 13.1 Å². The molecule has 0 amide bonds. The third kappa shape index (κ3) is 1.28. The van der Waals surface area contributed by atoms with Crippen molar-refractivity contribution < 1.29 is 0 Å². The second kappa shape index (κ2) is 2.47. The zero-order valence-electron chi connectivity index (χ0n) is 8.61. The monoisotopic (exact) mass is 167 g/mol. The fraction of sp³-hybridized carbons (Fsp3) is 1.00. The zero-order valence-corrected chi connectivity index (χ0v) is 8.61. The summed E-state index contributed by atoms with van der Waals surface area (Å²) in [7, 11) is 0. The van der Waals surface area contributed by atoms with Crippen molar-refractivity contribution >= 4 is 0 Å². The smallest absolute Gasteiger partial charge is 0.00203 e. The van der Waals surface area contributed by atoms with Crippen LogP contribution in [0.2, 0.25) is 0 Å². The molecular weight excluding hydrogens is 146 g/mol. The molecule has 1 saturated heterocycles. The van der Waals surface area contributed by atoms with Crippen molar-refractivity contribution in [3.05, 3.63) is 0 Å². The van der Waals surface area contributed by atoms with Gasteiger partial charge in [-0.3, -0.25) is 0 Å². The summed E-state index contributed by atoms with van der Waals surface area (Å²) < 4.78 is 0. The fourth-order valence-electron chi connectivity index (χ4n) is 2.75. The first-order chi connectivity index (χ1) is 5.52. The molecule has 2 fully saturated rings.